The molecule has 0 aliphatic carbocycles. The molecular formula is CH8Cu2O6. The molecule has 0 bridgehead atoms. The number of carbonyl (C=O) groups is 1. The van der Waals surface area contributed by atoms with Crippen molar-refractivity contribution in [2.45, 2.75) is 0 Å². The van der Waals surface area contributed by atoms with E-state index in [9.17, 15) is 0 Å². The van der Waals surface area contributed by atoms with Crippen LogP contribution in [0.5, 0.6) is 0 Å². The van der Waals surface area contributed by atoms with E-state index in [1.54, 1.807) is 0 Å². The van der Waals surface area contributed by atoms with Gasteiger partial charge in [-0.1, -0.05) is 0 Å². The summed E-state index contributed by atoms with van der Waals surface area (Å²) >= 11 is 0. The SMILES string of the molecule is O.O.O.O=C(O)O.[Cu].[Cu]. The van der Waals surface area contributed by atoms with E-state index < -0.39 is 6.16 Å². The van der Waals surface area contributed by atoms with Gasteiger partial charge in [0.2, 0.25) is 0 Å². The fraction of sp³-hybridized carbons (Fsp3) is 0. The minimum atomic E-state index is -1.83. The van der Waals surface area contributed by atoms with E-state index >= 15 is 0 Å². The van der Waals surface area contributed by atoms with Crippen LogP contribution >= 0.6 is 0 Å². The molecule has 0 saturated carbocycles. The smallest absolute Gasteiger partial charge is 0.450 e. The van der Waals surface area contributed by atoms with Crippen LogP contribution in [0.4, 0.5) is 4.79 Å². The monoisotopic (exact) mass is 242 g/mol. The van der Waals surface area contributed by atoms with Gasteiger partial charge in [-0.05, 0) is 0 Å². The Labute approximate surface area is 72.1 Å². The van der Waals surface area contributed by atoms with Crippen LogP contribution < -0.4 is 0 Å². The molecule has 0 aliphatic rings. The summed E-state index contributed by atoms with van der Waals surface area (Å²) in [6.45, 7) is 0. The van der Waals surface area contributed by atoms with E-state index in [0.717, 1.165) is 0 Å². The molecule has 0 heterocycles. The van der Waals surface area contributed by atoms with Gasteiger partial charge in [-0.25, -0.2) is 4.79 Å². The van der Waals surface area contributed by atoms with E-state index in [1.165, 1.54) is 0 Å². The average molecular weight is 243 g/mol. The summed E-state index contributed by atoms with van der Waals surface area (Å²) < 4.78 is 0. The van der Waals surface area contributed by atoms with Gasteiger partial charge in [0, 0.05) is 34.1 Å². The molecule has 0 aliphatic heterocycles. The van der Waals surface area contributed by atoms with Crippen LogP contribution in [0, 0.1) is 0 Å². The normalized spacial score (nSPS) is 2.67. The van der Waals surface area contributed by atoms with Crippen molar-refractivity contribution in [3.8, 4) is 0 Å². The summed E-state index contributed by atoms with van der Waals surface area (Å²) in [5, 5.41) is 13.9. The van der Waals surface area contributed by atoms with Crippen LogP contribution in [0.3, 0.4) is 0 Å². The molecule has 0 spiro atoms. The first kappa shape index (κ1) is 60.6. The third-order valence-electron chi connectivity index (χ3n) is 0. The molecule has 8 N–H and O–H groups in total. The molecule has 0 aromatic carbocycles. The van der Waals surface area contributed by atoms with Crippen molar-refractivity contribution >= 4 is 6.16 Å². The van der Waals surface area contributed by atoms with E-state index in [1.807, 2.05) is 0 Å². The third-order valence-corrected chi connectivity index (χ3v) is 0. The molecule has 8 heteroatoms. The zero-order valence-corrected chi connectivity index (χ0v) is 5.79. The zero-order valence-electron chi connectivity index (χ0n) is 3.91. The Balaban J connectivity index is -0.00000000450. The average Bonchev–Trinajstić information content (AvgIpc) is 0.811. The van der Waals surface area contributed by atoms with Gasteiger partial charge < -0.3 is 26.6 Å². The fourth-order valence-corrected chi connectivity index (χ4v) is 0. The minimum absolute atomic E-state index is 0. The molecule has 9 heavy (non-hydrogen) atoms. The van der Waals surface area contributed by atoms with Crippen molar-refractivity contribution in [2.24, 2.45) is 0 Å². The Morgan fingerprint density at radius 2 is 0.889 bits per heavy atom. The van der Waals surface area contributed by atoms with E-state index in [4.69, 9.17) is 15.0 Å². The molecule has 0 amide bonds. The van der Waals surface area contributed by atoms with Crippen LogP contribution in [0.1, 0.15) is 0 Å². The summed E-state index contributed by atoms with van der Waals surface area (Å²) in [4.78, 5) is 8.56. The maximum atomic E-state index is 8.56. The molecule has 0 saturated heterocycles. The van der Waals surface area contributed by atoms with Crippen LogP contribution in [0.15, 0.2) is 0 Å². The van der Waals surface area contributed by atoms with Gasteiger partial charge in [0.25, 0.3) is 0 Å². The second-order valence-electron chi connectivity index (χ2n) is 0.283. The summed E-state index contributed by atoms with van der Waals surface area (Å²) in [5.74, 6) is 0. The van der Waals surface area contributed by atoms with Gasteiger partial charge >= 0.3 is 6.16 Å². The Kier molecular flexibility index (Phi) is 280. The first-order valence-corrected chi connectivity index (χ1v) is 0.651. The van der Waals surface area contributed by atoms with Crippen molar-refractivity contribution in [1.29, 1.82) is 0 Å². The van der Waals surface area contributed by atoms with Crippen molar-refractivity contribution in [2.75, 3.05) is 0 Å². The molecule has 0 unspecified atom stereocenters. The first-order chi connectivity index (χ1) is 1.73. The standard InChI is InChI=1S/CH2O3.2Cu.3H2O/c2-1(3)4;;;;;/h(H2,2,3,4);;;3*1H2. The Bertz CT molecular complexity index is 34.0. The summed E-state index contributed by atoms with van der Waals surface area (Å²) in [7, 11) is 0. The molecule has 2 radical (unpaired) electrons. The Morgan fingerprint density at radius 1 is 0.889 bits per heavy atom. The quantitative estimate of drug-likeness (QED) is 0.462. The van der Waals surface area contributed by atoms with Crippen LogP contribution in [0.2, 0.25) is 0 Å². The molecule has 0 fully saturated rings. The largest absolute Gasteiger partial charge is 0.503 e. The number of carboxylic acid groups (broad SMARTS) is 2. The molecule has 70 valence electrons. The van der Waals surface area contributed by atoms with Crippen LogP contribution in [0.25, 0.3) is 0 Å². The zero-order chi connectivity index (χ0) is 3.58. The van der Waals surface area contributed by atoms with E-state index in [2.05, 4.69) is 0 Å². The van der Waals surface area contributed by atoms with Gasteiger partial charge in [-0.2, -0.15) is 0 Å². The van der Waals surface area contributed by atoms with Crippen molar-refractivity contribution in [3.05, 3.63) is 0 Å². The number of hydrogen-bond donors (Lipinski definition) is 2. The molecule has 0 aromatic heterocycles. The maximum Gasteiger partial charge on any atom is 0.503 e. The summed E-state index contributed by atoms with van der Waals surface area (Å²) in [5.41, 5.74) is 0. The van der Waals surface area contributed by atoms with Gasteiger partial charge in [0.1, 0.15) is 0 Å². The van der Waals surface area contributed by atoms with Crippen LogP contribution in [-0.4, -0.2) is 32.8 Å². The van der Waals surface area contributed by atoms with Crippen molar-refractivity contribution < 1.29 is 65.6 Å². The van der Waals surface area contributed by atoms with Crippen molar-refractivity contribution in [3.63, 3.8) is 0 Å². The number of hydrogen-bond acceptors (Lipinski definition) is 1. The van der Waals surface area contributed by atoms with Gasteiger partial charge in [-0.3, -0.25) is 0 Å². The summed E-state index contributed by atoms with van der Waals surface area (Å²) in [6, 6.07) is 0. The predicted octanol–water partition coefficient (Wildman–Crippen LogP) is -2.26. The molecular weight excluding hydrogens is 235 g/mol. The predicted molar refractivity (Wildman–Crippen MR) is 21.5 cm³/mol. The fourth-order valence-electron chi connectivity index (χ4n) is 0. The second-order valence-corrected chi connectivity index (χ2v) is 0.283. The maximum absolute atomic E-state index is 8.56. The van der Waals surface area contributed by atoms with Gasteiger partial charge in [-0.15, -0.1) is 0 Å². The minimum Gasteiger partial charge on any atom is -0.450 e. The topological polar surface area (TPSA) is 152 Å². The molecule has 0 atom stereocenters. The third kappa shape index (κ3) is 8780. The first-order valence-electron chi connectivity index (χ1n) is 0.651. The molecule has 0 rings (SSSR count). The summed E-state index contributed by atoms with van der Waals surface area (Å²) in [6.07, 6.45) is -1.83. The van der Waals surface area contributed by atoms with Gasteiger partial charge in [0.05, 0.1) is 0 Å². The number of rotatable bonds is 0. The molecule has 6 nitrogen and oxygen atoms in total. The molecule has 0 aromatic rings. The van der Waals surface area contributed by atoms with Gasteiger partial charge in [0.15, 0.2) is 0 Å². The Morgan fingerprint density at radius 3 is 0.889 bits per heavy atom. The van der Waals surface area contributed by atoms with E-state index in [0.29, 0.717) is 0 Å². The Hall–Kier alpha value is 0.189. The second kappa shape index (κ2) is 41.6. The van der Waals surface area contributed by atoms with Crippen molar-refractivity contribution in [1.82, 2.24) is 0 Å². The van der Waals surface area contributed by atoms with Crippen LogP contribution in [-0.2, 0) is 34.1 Å². The van der Waals surface area contributed by atoms with E-state index in [-0.39, 0.29) is 50.6 Å².